The molecule has 0 aliphatic heterocycles. The van der Waals surface area contributed by atoms with Gasteiger partial charge in [0.2, 0.25) is 5.88 Å². The van der Waals surface area contributed by atoms with Crippen LogP contribution in [0.15, 0.2) is 18.3 Å². The van der Waals surface area contributed by atoms with Crippen molar-refractivity contribution in [3.05, 3.63) is 23.9 Å². The largest absolute Gasteiger partial charge is 0.480 e. The fourth-order valence-corrected chi connectivity index (χ4v) is 2.96. The summed E-state index contributed by atoms with van der Waals surface area (Å²) in [5, 5.41) is 0. The molecule has 1 amide bonds. The number of hydrogen-bond donors (Lipinski definition) is 0. The average Bonchev–Trinajstić information content (AvgIpc) is 3.00. The third-order valence-electron chi connectivity index (χ3n) is 4.21. The van der Waals surface area contributed by atoms with E-state index >= 15 is 0 Å². The number of hydrogen-bond acceptors (Lipinski definition) is 3. The van der Waals surface area contributed by atoms with Gasteiger partial charge in [-0.05, 0) is 38.3 Å². The van der Waals surface area contributed by atoms with Gasteiger partial charge in [0.1, 0.15) is 5.56 Å². The monoisotopic (exact) mass is 276 g/mol. The Bertz CT molecular complexity index is 456. The highest BCUT2D eigenvalue weighted by atomic mass is 16.5. The SMILES string of the molecule is CCC(C)N(C(=O)c1cccnc1OC)C1CCCC1. The second kappa shape index (κ2) is 6.73. The Morgan fingerprint density at radius 1 is 1.50 bits per heavy atom. The van der Waals surface area contributed by atoms with Gasteiger partial charge in [-0.1, -0.05) is 19.8 Å². The molecule has 0 saturated heterocycles. The van der Waals surface area contributed by atoms with Gasteiger partial charge >= 0.3 is 0 Å². The molecule has 4 nitrogen and oxygen atoms in total. The number of carbonyl (C=O) groups excluding carboxylic acids is 1. The Balaban J connectivity index is 2.30. The van der Waals surface area contributed by atoms with Gasteiger partial charge in [0.05, 0.1) is 7.11 Å². The first kappa shape index (κ1) is 14.8. The van der Waals surface area contributed by atoms with Crippen molar-refractivity contribution < 1.29 is 9.53 Å². The lowest BCUT2D eigenvalue weighted by molar-refractivity contribution is 0.0585. The van der Waals surface area contributed by atoms with E-state index in [1.54, 1.807) is 25.4 Å². The maximum Gasteiger partial charge on any atom is 0.259 e. The van der Waals surface area contributed by atoms with Crippen LogP contribution in [-0.2, 0) is 0 Å². The van der Waals surface area contributed by atoms with Gasteiger partial charge in [0.25, 0.3) is 5.91 Å². The van der Waals surface area contributed by atoms with Gasteiger partial charge in [0.15, 0.2) is 0 Å². The molecule has 1 aromatic rings. The molecular weight excluding hydrogens is 252 g/mol. The maximum atomic E-state index is 12.9. The van der Waals surface area contributed by atoms with Crippen molar-refractivity contribution in [3.63, 3.8) is 0 Å². The molecule has 0 bridgehead atoms. The minimum absolute atomic E-state index is 0.0520. The smallest absolute Gasteiger partial charge is 0.259 e. The average molecular weight is 276 g/mol. The molecule has 4 heteroatoms. The minimum atomic E-state index is 0.0520. The van der Waals surface area contributed by atoms with Gasteiger partial charge in [-0.25, -0.2) is 4.98 Å². The van der Waals surface area contributed by atoms with E-state index in [1.165, 1.54) is 12.8 Å². The minimum Gasteiger partial charge on any atom is -0.480 e. The van der Waals surface area contributed by atoms with E-state index in [4.69, 9.17) is 4.74 Å². The van der Waals surface area contributed by atoms with Crippen LogP contribution in [0.2, 0.25) is 0 Å². The van der Waals surface area contributed by atoms with Crippen molar-refractivity contribution in [3.8, 4) is 5.88 Å². The summed E-state index contributed by atoms with van der Waals surface area (Å²) in [6.07, 6.45) is 7.27. The van der Waals surface area contributed by atoms with Crippen molar-refractivity contribution in [2.24, 2.45) is 0 Å². The zero-order valence-electron chi connectivity index (χ0n) is 12.6. The van der Waals surface area contributed by atoms with Gasteiger partial charge in [-0.2, -0.15) is 0 Å². The molecule has 20 heavy (non-hydrogen) atoms. The van der Waals surface area contributed by atoms with E-state index in [2.05, 4.69) is 18.8 Å². The van der Waals surface area contributed by atoms with Crippen LogP contribution in [0, 0.1) is 0 Å². The van der Waals surface area contributed by atoms with E-state index in [9.17, 15) is 4.79 Å². The highest BCUT2D eigenvalue weighted by Crippen LogP contribution is 2.29. The highest BCUT2D eigenvalue weighted by molar-refractivity contribution is 5.96. The number of rotatable bonds is 5. The van der Waals surface area contributed by atoms with Crippen molar-refractivity contribution >= 4 is 5.91 Å². The molecule has 1 aliphatic rings. The number of aromatic nitrogens is 1. The molecule has 0 radical (unpaired) electrons. The van der Waals surface area contributed by atoms with Crippen LogP contribution < -0.4 is 4.74 Å². The molecule has 0 N–H and O–H groups in total. The Labute approximate surface area is 121 Å². The lowest BCUT2D eigenvalue weighted by atomic mass is 10.1. The van der Waals surface area contributed by atoms with Gasteiger partial charge in [-0.3, -0.25) is 4.79 Å². The normalized spacial score (nSPS) is 16.9. The summed E-state index contributed by atoms with van der Waals surface area (Å²) < 4.78 is 5.23. The first-order chi connectivity index (χ1) is 9.69. The van der Waals surface area contributed by atoms with E-state index in [0.717, 1.165) is 19.3 Å². The molecule has 1 atom stereocenters. The Morgan fingerprint density at radius 3 is 2.80 bits per heavy atom. The highest BCUT2D eigenvalue weighted by Gasteiger charge is 2.31. The molecule has 1 aromatic heterocycles. The van der Waals surface area contributed by atoms with Crippen LogP contribution in [0.25, 0.3) is 0 Å². The van der Waals surface area contributed by atoms with Gasteiger partial charge < -0.3 is 9.64 Å². The standard InChI is InChI=1S/C16H24N2O2/c1-4-12(2)18(13-8-5-6-9-13)16(19)14-10-7-11-17-15(14)20-3/h7,10-13H,4-6,8-9H2,1-3H3. The number of nitrogens with zero attached hydrogens (tertiary/aromatic N) is 2. The van der Waals surface area contributed by atoms with Crippen molar-refractivity contribution in [1.29, 1.82) is 0 Å². The molecule has 1 aliphatic carbocycles. The van der Waals surface area contributed by atoms with Crippen LogP contribution in [0.3, 0.4) is 0 Å². The lowest BCUT2D eigenvalue weighted by Gasteiger charge is -2.34. The maximum absolute atomic E-state index is 12.9. The zero-order chi connectivity index (χ0) is 14.5. The van der Waals surface area contributed by atoms with Crippen LogP contribution in [0.5, 0.6) is 5.88 Å². The number of pyridine rings is 1. The fourth-order valence-electron chi connectivity index (χ4n) is 2.96. The summed E-state index contributed by atoms with van der Waals surface area (Å²) in [4.78, 5) is 19.1. The first-order valence-corrected chi connectivity index (χ1v) is 7.50. The van der Waals surface area contributed by atoms with E-state index in [-0.39, 0.29) is 11.9 Å². The summed E-state index contributed by atoms with van der Waals surface area (Å²) in [7, 11) is 1.56. The Kier molecular flexibility index (Phi) is 4.99. The summed E-state index contributed by atoms with van der Waals surface area (Å²) in [6.45, 7) is 4.25. The molecule has 2 rings (SSSR count). The molecule has 0 aromatic carbocycles. The summed E-state index contributed by atoms with van der Waals surface area (Å²) in [5.41, 5.74) is 0.571. The van der Waals surface area contributed by atoms with E-state index in [1.807, 2.05) is 4.90 Å². The predicted molar refractivity (Wildman–Crippen MR) is 79.0 cm³/mol. The molecule has 1 fully saturated rings. The van der Waals surface area contributed by atoms with Crippen LogP contribution in [0.1, 0.15) is 56.3 Å². The second-order valence-electron chi connectivity index (χ2n) is 5.47. The summed E-state index contributed by atoms with van der Waals surface area (Å²) >= 11 is 0. The number of ether oxygens (including phenoxy) is 1. The summed E-state index contributed by atoms with van der Waals surface area (Å²) in [6, 6.07) is 4.20. The van der Waals surface area contributed by atoms with Crippen molar-refractivity contribution in [2.45, 2.75) is 58.0 Å². The fraction of sp³-hybridized carbons (Fsp3) is 0.625. The van der Waals surface area contributed by atoms with Gasteiger partial charge in [-0.15, -0.1) is 0 Å². The third kappa shape index (κ3) is 2.94. The van der Waals surface area contributed by atoms with Crippen LogP contribution in [0.4, 0.5) is 0 Å². The van der Waals surface area contributed by atoms with Crippen LogP contribution in [-0.4, -0.2) is 35.0 Å². The second-order valence-corrected chi connectivity index (χ2v) is 5.47. The Morgan fingerprint density at radius 2 is 2.20 bits per heavy atom. The zero-order valence-corrected chi connectivity index (χ0v) is 12.6. The molecule has 1 unspecified atom stereocenters. The van der Waals surface area contributed by atoms with E-state index < -0.39 is 0 Å². The molecule has 1 heterocycles. The number of amides is 1. The predicted octanol–water partition coefficient (Wildman–Crippen LogP) is 3.27. The van der Waals surface area contributed by atoms with Crippen molar-refractivity contribution in [2.75, 3.05) is 7.11 Å². The Hall–Kier alpha value is -1.58. The molecule has 110 valence electrons. The first-order valence-electron chi connectivity index (χ1n) is 7.50. The van der Waals surface area contributed by atoms with Gasteiger partial charge in [0, 0.05) is 18.3 Å². The third-order valence-corrected chi connectivity index (χ3v) is 4.21. The molecule has 1 saturated carbocycles. The van der Waals surface area contributed by atoms with E-state index in [0.29, 0.717) is 17.5 Å². The molecule has 0 spiro atoms. The quantitative estimate of drug-likeness (QED) is 0.829. The summed E-state index contributed by atoms with van der Waals surface area (Å²) in [5.74, 6) is 0.472. The number of methoxy groups -OCH3 is 1. The van der Waals surface area contributed by atoms with Crippen molar-refractivity contribution in [1.82, 2.24) is 9.88 Å². The lowest BCUT2D eigenvalue weighted by Crippen LogP contribution is -2.44. The topological polar surface area (TPSA) is 42.4 Å². The van der Waals surface area contributed by atoms with Crippen LogP contribution >= 0.6 is 0 Å². The number of carbonyl (C=O) groups is 1. The molecular formula is C16H24N2O2.